The fourth-order valence-corrected chi connectivity index (χ4v) is 3.87. The minimum absolute atomic E-state index is 0.189. The quantitative estimate of drug-likeness (QED) is 0.390. The molecule has 0 saturated heterocycles. The molecule has 5 nitrogen and oxygen atoms in total. The van der Waals surface area contributed by atoms with E-state index in [2.05, 4.69) is 10.6 Å². The lowest BCUT2D eigenvalue weighted by atomic mass is 10.2. The summed E-state index contributed by atoms with van der Waals surface area (Å²) < 4.78 is 5.10. The Bertz CT molecular complexity index is 1070. The second kappa shape index (κ2) is 10.6. The van der Waals surface area contributed by atoms with Crippen molar-refractivity contribution in [1.82, 2.24) is 0 Å². The fourth-order valence-electron chi connectivity index (χ4n) is 2.65. The van der Waals surface area contributed by atoms with Crippen LogP contribution in [0.4, 0.5) is 11.4 Å². The Morgan fingerprint density at radius 1 is 0.935 bits per heavy atom. The summed E-state index contributed by atoms with van der Waals surface area (Å²) in [6.07, 6.45) is 0. The lowest BCUT2D eigenvalue weighted by Gasteiger charge is -2.14. The highest BCUT2D eigenvalue weighted by molar-refractivity contribution is 8.00. The molecule has 3 rings (SSSR count). The van der Waals surface area contributed by atoms with Crippen molar-refractivity contribution in [2.45, 2.75) is 17.1 Å². The maximum Gasteiger partial charge on any atom is 0.255 e. The van der Waals surface area contributed by atoms with Crippen molar-refractivity contribution in [3.8, 4) is 5.75 Å². The molecule has 0 radical (unpaired) electrons. The van der Waals surface area contributed by atoms with Crippen molar-refractivity contribution in [3.63, 3.8) is 0 Å². The molecule has 2 N–H and O–H groups in total. The molecule has 0 saturated carbocycles. The van der Waals surface area contributed by atoms with Crippen molar-refractivity contribution in [2.75, 3.05) is 17.7 Å². The second-order valence-electron chi connectivity index (χ2n) is 6.56. The number of methoxy groups -OCH3 is 1. The van der Waals surface area contributed by atoms with Gasteiger partial charge in [-0.2, -0.15) is 0 Å². The molecule has 0 spiro atoms. The molecule has 31 heavy (non-hydrogen) atoms. The van der Waals surface area contributed by atoms with Crippen LogP contribution in [0.2, 0.25) is 10.0 Å². The van der Waals surface area contributed by atoms with E-state index in [0.717, 1.165) is 4.90 Å². The average Bonchev–Trinajstić information content (AvgIpc) is 2.78. The topological polar surface area (TPSA) is 67.4 Å². The van der Waals surface area contributed by atoms with E-state index in [0.29, 0.717) is 32.7 Å². The Morgan fingerprint density at radius 3 is 2.26 bits per heavy atom. The van der Waals surface area contributed by atoms with Crippen LogP contribution in [0.3, 0.4) is 0 Å². The van der Waals surface area contributed by atoms with Crippen LogP contribution in [0.1, 0.15) is 17.3 Å². The van der Waals surface area contributed by atoms with Crippen LogP contribution < -0.4 is 15.4 Å². The van der Waals surface area contributed by atoms with Crippen LogP contribution in [0.15, 0.2) is 71.6 Å². The third-order valence-corrected chi connectivity index (χ3v) is 6.29. The highest BCUT2D eigenvalue weighted by atomic mass is 35.5. The van der Waals surface area contributed by atoms with E-state index in [1.54, 1.807) is 68.6 Å². The lowest BCUT2D eigenvalue weighted by Crippen LogP contribution is -2.22. The number of halogens is 2. The minimum Gasteiger partial charge on any atom is -0.497 e. The Balaban J connectivity index is 1.57. The first-order valence-corrected chi connectivity index (χ1v) is 11.0. The largest absolute Gasteiger partial charge is 0.497 e. The van der Waals surface area contributed by atoms with Gasteiger partial charge in [0.15, 0.2) is 0 Å². The zero-order valence-corrected chi connectivity index (χ0v) is 19.1. The van der Waals surface area contributed by atoms with Crippen molar-refractivity contribution in [2.24, 2.45) is 0 Å². The van der Waals surface area contributed by atoms with Gasteiger partial charge in [-0.15, -0.1) is 11.8 Å². The number of hydrogen-bond donors (Lipinski definition) is 2. The smallest absolute Gasteiger partial charge is 0.255 e. The molecular formula is C23H20Cl2N2O3S. The highest BCUT2D eigenvalue weighted by Gasteiger charge is 2.16. The summed E-state index contributed by atoms with van der Waals surface area (Å²) in [7, 11) is 1.57. The van der Waals surface area contributed by atoms with Gasteiger partial charge < -0.3 is 15.4 Å². The van der Waals surface area contributed by atoms with Crippen LogP contribution in [-0.4, -0.2) is 24.2 Å². The van der Waals surface area contributed by atoms with Crippen molar-refractivity contribution >= 4 is 58.2 Å². The third-order valence-electron chi connectivity index (χ3n) is 4.36. The number of hydrogen-bond acceptors (Lipinski definition) is 4. The number of rotatable bonds is 7. The van der Waals surface area contributed by atoms with Crippen molar-refractivity contribution < 1.29 is 14.3 Å². The number of nitrogens with one attached hydrogen (secondary N) is 2. The first-order valence-electron chi connectivity index (χ1n) is 9.34. The summed E-state index contributed by atoms with van der Waals surface area (Å²) in [4.78, 5) is 25.7. The molecule has 2 amide bonds. The summed E-state index contributed by atoms with van der Waals surface area (Å²) >= 11 is 13.5. The molecule has 1 atom stereocenters. The number of amides is 2. The summed E-state index contributed by atoms with van der Waals surface area (Å²) in [6.45, 7) is 1.80. The van der Waals surface area contributed by atoms with Crippen LogP contribution in [0, 0.1) is 0 Å². The second-order valence-corrected chi connectivity index (χ2v) is 8.76. The molecule has 0 fully saturated rings. The van der Waals surface area contributed by atoms with E-state index in [-0.39, 0.29) is 17.1 Å². The Kier molecular flexibility index (Phi) is 7.85. The van der Waals surface area contributed by atoms with Gasteiger partial charge in [0, 0.05) is 16.1 Å². The van der Waals surface area contributed by atoms with Gasteiger partial charge >= 0.3 is 0 Å². The third kappa shape index (κ3) is 6.17. The maximum atomic E-state index is 12.5. The Labute approximate surface area is 195 Å². The number of thioether (sulfide) groups is 1. The molecular weight excluding hydrogens is 455 g/mol. The molecule has 0 aliphatic heterocycles. The monoisotopic (exact) mass is 474 g/mol. The van der Waals surface area contributed by atoms with Gasteiger partial charge in [-0.05, 0) is 67.6 Å². The zero-order chi connectivity index (χ0) is 22.4. The average molecular weight is 475 g/mol. The minimum atomic E-state index is -0.366. The fraction of sp³-hybridized carbons (Fsp3) is 0.130. The maximum absolute atomic E-state index is 12.5. The van der Waals surface area contributed by atoms with Gasteiger partial charge in [-0.25, -0.2) is 0 Å². The number of ether oxygens (including phenoxy) is 1. The van der Waals surface area contributed by atoms with Gasteiger partial charge in [-0.1, -0.05) is 29.3 Å². The molecule has 8 heteroatoms. The Morgan fingerprint density at radius 2 is 1.61 bits per heavy atom. The number of benzene rings is 3. The number of carbonyl (C=O) groups is 2. The first kappa shape index (κ1) is 23.0. The van der Waals surface area contributed by atoms with Crippen LogP contribution in [0.25, 0.3) is 0 Å². The van der Waals surface area contributed by atoms with E-state index >= 15 is 0 Å². The van der Waals surface area contributed by atoms with E-state index in [1.165, 1.54) is 11.8 Å². The summed E-state index contributed by atoms with van der Waals surface area (Å²) in [5.74, 6) is 0.286. The van der Waals surface area contributed by atoms with E-state index in [1.807, 2.05) is 12.1 Å². The molecule has 1 unspecified atom stereocenters. The SMILES string of the molecule is COc1ccc(C(=O)Nc2ccc(SC(C)C(=O)Nc3cccc(Cl)c3Cl)cc2)cc1. The molecule has 3 aromatic carbocycles. The molecule has 0 aliphatic carbocycles. The zero-order valence-electron chi connectivity index (χ0n) is 16.8. The molecule has 0 aliphatic rings. The summed E-state index contributed by atoms with van der Waals surface area (Å²) in [6, 6.07) is 19.2. The van der Waals surface area contributed by atoms with E-state index < -0.39 is 0 Å². The summed E-state index contributed by atoms with van der Waals surface area (Å²) in [5.41, 5.74) is 1.67. The molecule has 0 aromatic heterocycles. The van der Waals surface area contributed by atoms with Gasteiger partial charge in [0.1, 0.15) is 5.75 Å². The van der Waals surface area contributed by atoms with E-state index in [4.69, 9.17) is 27.9 Å². The highest BCUT2D eigenvalue weighted by Crippen LogP contribution is 2.31. The molecule has 0 bridgehead atoms. The van der Waals surface area contributed by atoms with Gasteiger partial charge in [0.2, 0.25) is 5.91 Å². The molecule has 3 aromatic rings. The predicted octanol–water partition coefficient (Wildman–Crippen LogP) is 6.37. The molecule has 0 heterocycles. The first-order chi connectivity index (χ1) is 14.9. The van der Waals surface area contributed by atoms with E-state index in [9.17, 15) is 9.59 Å². The standard InChI is InChI=1S/C23H20Cl2N2O3S/c1-14(22(28)27-20-5-3-4-19(24)21(20)25)31-18-12-8-16(9-13-18)26-23(29)15-6-10-17(30-2)11-7-15/h3-14H,1-2H3,(H,26,29)(H,27,28). The number of carbonyl (C=O) groups excluding carboxylic acids is 2. The van der Waals surface area contributed by atoms with Crippen LogP contribution in [0.5, 0.6) is 5.75 Å². The van der Waals surface area contributed by atoms with Crippen molar-refractivity contribution in [3.05, 3.63) is 82.3 Å². The van der Waals surface area contributed by atoms with Gasteiger partial charge in [-0.3, -0.25) is 9.59 Å². The predicted molar refractivity (Wildman–Crippen MR) is 128 cm³/mol. The number of anilines is 2. The van der Waals surface area contributed by atoms with Gasteiger partial charge in [0.25, 0.3) is 5.91 Å². The lowest BCUT2D eigenvalue weighted by molar-refractivity contribution is -0.115. The summed E-state index contributed by atoms with van der Waals surface area (Å²) in [5, 5.41) is 5.97. The van der Waals surface area contributed by atoms with Crippen molar-refractivity contribution in [1.29, 1.82) is 0 Å². The van der Waals surface area contributed by atoms with Crippen LogP contribution >= 0.6 is 35.0 Å². The Hall–Kier alpha value is -2.67. The normalized spacial score (nSPS) is 11.5. The van der Waals surface area contributed by atoms with Crippen LogP contribution in [-0.2, 0) is 4.79 Å². The molecule has 160 valence electrons. The van der Waals surface area contributed by atoms with Gasteiger partial charge in [0.05, 0.1) is 28.1 Å².